The van der Waals surface area contributed by atoms with Crippen molar-refractivity contribution in [2.75, 3.05) is 5.32 Å². The number of aryl methyl sites for hydroxylation is 1. The zero-order valence-corrected chi connectivity index (χ0v) is 16.7. The Morgan fingerprint density at radius 3 is 2.46 bits per heavy atom. The molecule has 1 aromatic carbocycles. The summed E-state index contributed by atoms with van der Waals surface area (Å²) in [5, 5.41) is 3.53. The van der Waals surface area contributed by atoms with E-state index in [0.717, 1.165) is 37.3 Å². The Hall–Kier alpha value is -2.21. The number of pyridine rings is 1. The monoisotopic (exact) mass is 409 g/mol. The molecule has 1 fully saturated rings. The lowest BCUT2D eigenvalue weighted by molar-refractivity contribution is 0.444. The molecule has 0 amide bonds. The topological polar surface area (TPSA) is 29.3 Å². The van der Waals surface area contributed by atoms with Crippen molar-refractivity contribution in [3.05, 3.63) is 53.0 Å². The number of halogens is 4. The molecule has 28 heavy (non-hydrogen) atoms. The van der Waals surface area contributed by atoms with Crippen LogP contribution in [0.5, 0.6) is 0 Å². The molecular weight excluding hydrogens is 387 g/mol. The average Bonchev–Trinajstić information content (AvgIpc) is 3.01. The molecule has 1 N–H and O–H groups in total. The second-order valence-corrected chi connectivity index (χ2v) is 7.38. The number of hydrogen-bond acceptors (Lipinski definition) is 2. The highest BCUT2D eigenvalue weighted by Gasteiger charge is 2.24. The molecule has 2 aromatic heterocycles. The number of nitrogens with one attached hydrogen (secondary N) is 1. The molecule has 0 radical (unpaired) electrons. The second kappa shape index (κ2) is 8.03. The van der Waals surface area contributed by atoms with Crippen LogP contribution in [0.25, 0.3) is 16.9 Å². The minimum atomic E-state index is -1.45. The molecule has 1 aliphatic carbocycles. The molecule has 0 aliphatic heterocycles. The Bertz CT molecular complexity index is 1010. The van der Waals surface area contributed by atoms with Crippen molar-refractivity contribution in [2.24, 2.45) is 0 Å². The van der Waals surface area contributed by atoms with E-state index in [1.54, 1.807) is 0 Å². The van der Waals surface area contributed by atoms with Gasteiger partial charge in [-0.3, -0.25) is 4.40 Å². The van der Waals surface area contributed by atoms with Gasteiger partial charge in [-0.25, -0.2) is 18.2 Å². The highest BCUT2D eigenvalue weighted by molar-refractivity contribution is 5.85. The van der Waals surface area contributed by atoms with E-state index in [1.807, 2.05) is 29.7 Å². The van der Waals surface area contributed by atoms with Crippen molar-refractivity contribution in [1.82, 2.24) is 9.38 Å². The molecular formula is C21H23ClF3N3. The Kier molecular flexibility index (Phi) is 5.89. The fraction of sp³-hybridized carbons (Fsp3) is 0.381. The van der Waals surface area contributed by atoms with Crippen LogP contribution in [0.3, 0.4) is 0 Å². The summed E-state index contributed by atoms with van der Waals surface area (Å²) in [6.45, 7) is 3.41. The fourth-order valence-corrected chi connectivity index (χ4v) is 3.84. The quantitative estimate of drug-likeness (QED) is 0.521. The first-order valence-corrected chi connectivity index (χ1v) is 9.35. The molecule has 0 bridgehead atoms. The molecule has 7 heteroatoms. The Balaban J connectivity index is 0.00000225. The van der Waals surface area contributed by atoms with Gasteiger partial charge in [-0.1, -0.05) is 19.3 Å². The van der Waals surface area contributed by atoms with E-state index < -0.39 is 17.5 Å². The first kappa shape index (κ1) is 20.5. The zero-order valence-electron chi connectivity index (χ0n) is 15.9. The van der Waals surface area contributed by atoms with Crippen molar-refractivity contribution in [3.8, 4) is 11.3 Å². The maximum Gasteiger partial charge on any atom is 0.194 e. The minimum absolute atomic E-state index is 0. The van der Waals surface area contributed by atoms with Gasteiger partial charge >= 0.3 is 0 Å². The standard InChI is InChI=1S/C21H22F3N3.ClH/c1-12-8-9-27-17(10-12)26-20(21(27)25-14-6-4-3-5-7-14)15-11-16(22)19(24)18(23)13(15)2;/h8-11,14,25H,3-7H2,1-2H3;1H. The second-order valence-electron chi connectivity index (χ2n) is 7.38. The fourth-order valence-electron chi connectivity index (χ4n) is 3.84. The summed E-state index contributed by atoms with van der Waals surface area (Å²) in [7, 11) is 0. The van der Waals surface area contributed by atoms with E-state index in [9.17, 15) is 13.2 Å². The van der Waals surface area contributed by atoms with Crippen LogP contribution >= 0.6 is 12.4 Å². The average molecular weight is 410 g/mol. The van der Waals surface area contributed by atoms with Gasteiger partial charge in [0.2, 0.25) is 0 Å². The summed E-state index contributed by atoms with van der Waals surface area (Å²) in [6, 6.07) is 5.20. The maximum absolute atomic E-state index is 14.2. The number of nitrogens with zero attached hydrogens (tertiary/aromatic N) is 2. The third kappa shape index (κ3) is 3.58. The van der Waals surface area contributed by atoms with Crippen LogP contribution in [0.4, 0.5) is 19.0 Å². The molecule has 0 unspecified atom stereocenters. The van der Waals surface area contributed by atoms with Crippen LogP contribution in [-0.4, -0.2) is 15.4 Å². The van der Waals surface area contributed by atoms with Crippen LogP contribution < -0.4 is 5.32 Å². The van der Waals surface area contributed by atoms with E-state index >= 15 is 0 Å². The maximum atomic E-state index is 14.2. The van der Waals surface area contributed by atoms with Crippen molar-refractivity contribution in [3.63, 3.8) is 0 Å². The molecule has 0 spiro atoms. The number of benzene rings is 1. The number of fused-ring (bicyclic) bond motifs is 1. The molecule has 4 rings (SSSR count). The lowest BCUT2D eigenvalue weighted by Crippen LogP contribution is -2.23. The highest BCUT2D eigenvalue weighted by Crippen LogP contribution is 2.35. The van der Waals surface area contributed by atoms with Crippen molar-refractivity contribution >= 4 is 23.9 Å². The van der Waals surface area contributed by atoms with Gasteiger partial charge in [-0.2, -0.15) is 0 Å². The normalized spacial score (nSPS) is 14.9. The number of hydrogen-bond donors (Lipinski definition) is 1. The summed E-state index contributed by atoms with van der Waals surface area (Å²) in [4.78, 5) is 4.63. The molecule has 2 heterocycles. The summed E-state index contributed by atoms with van der Waals surface area (Å²) in [5.41, 5.74) is 2.50. The third-order valence-electron chi connectivity index (χ3n) is 5.39. The van der Waals surface area contributed by atoms with E-state index in [4.69, 9.17) is 0 Å². The van der Waals surface area contributed by atoms with Gasteiger partial charge in [-0.05, 0) is 56.0 Å². The lowest BCUT2D eigenvalue weighted by Gasteiger charge is -2.24. The van der Waals surface area contributed by atoms with Gasteiger partial charge < -0.3 is 5.32 Å². The van der Waals surface area contributed by atoms with E-state index in [0.29, 0.717) is 17.2 Å². The van der Waals surface area contributed by atoms with Crippen LogP contribution in [0, 0.1) is 31.3 Å². The number of aromatic nitrogens is 2. The molecule has 1 saturated carbocycles. The SMILES string of the molecule is Cc1ccn2c(NC3CCCCC3)c(-c3cc(F)c(F)c(F)c3C)nc2c1.Cl. The largest absolute Gasteiger partial charge is 0.367 e. The predicted octanol–water partition coefficient (Wildman–Crippen LogP) is 6.20. The van der Waals surface area contributed by atoms with E-state index in [-0.39, 0.29) is 29.6 Å². The Morgan fingerprint density at radius 1 is 1.04 bits per heavy atom. The number of imidazole rings is 1. The molecule has 1 aliphatic rings. The Morgan fingerprint density at radius 2 is 1.75 bits per heavy atom. The van der Waals surface area contributed by atoms with Crippen LogP contribution in [0.15, 0.2) is 24.4 Å². The van der Waals surface area contributed by atoms with Gasteiger partial charge in [0.25, 0.3) is 0 Å². The summed E-state index contributed by atoms with van der Waals surface area (Å²) in [5.74, 6) is -3.12. The minimum Gasteiger partial charge on any atom is -0.367 e. The lowest BCUT2D eigenvalue weighted by atomic mass is 9.95. The van der Waals surface area contributed by atoms with Crippen LogP contribution in [0.2, 0.25) is 0 Å². The van der Waals surface area contributed by atoms with Crippen LogP contribution in [0.1, 0.15) is 43.2 Å². The summed E-state index contributed by atoms with van der Waals surface area (Å²) >= 11 is 0. The van der Waals surface area contributed by atoms with Gasteiger partial charge in [-0.15, -0.1) is 12.4 Å². The molecule has 0 saturated heterocycles. The van der Waals surface area contributed by atoms with Gasteiger partial charge in [0.15, 0.2) is 17.5 Å². The third-order valence-corrected chi connectivity index (χ3v) is 5.39. The molecule has 0 atom stereocenters. The smallest absolute Gasteiger partial charge is 0.194 e. The first-order valence-electron chi connectivity index (χ1n) is 9.35. The Labute approximate surface area is 168 Å². The van der Waals surface area contributed by atoms with Crippen molar-refractivity contribution in [2.45, 2.75) is 52.0 Å². The van der Waals surface area contributed by atoms with E-state index in [1.165, 1.54) is 13.3 Å². The zero-order chi connectivity index (χ0) is 19.1. The molecule has 3 nitrogen and oxygen atoms in total. The molecule has 150 valence electrons. The van der Waals surface area contributed by atoms with Crippen molar-refractivity contribution in [1.29, 1.82) is 0 Å². The summed E-state index contributed by atoms with van der Waals surface area (Å²) in [6.07, 6.45) is 7.53. The predicted molar refractivity (Wildman–Crippen MR) is 108 cm³/mol. The van der Waals surface area contributed by atoms with Gasteiger partial charge in [0.05, 0.1) is 0 Å². The first-order chi connectivity index (χ1) is 13.0. The summed E-state index contributed by atoms with van der Waals surface area (Å²) < 4.78 is 43.6. The van der Waals surface area contributed by atoms with Gasteiger partial charge in [0.1, 0.15) is 17.2 Å². The molecule has 3 aromatic rings. The number of anilines is 1. The van der Waals surface area contributed by atoms with Crippen LogP contribution in [-0.2, 0) is 0 Å². The highest BCUT2D eigenvalue weighted by atomic mass is 35.5. The number of rotatable bonds is 3. The van der Waals surface area contributed by atoms with E-state index in [2.05, 4.69) is 10.3 Å². The van der Waals surface area contributed by atoms with Crippen molar-refractivity contribution < 1.29 is 13.2 Å². The van der Waals surface area contributed by atoms with Gasteiger partial charge in [0, 0.05) is 17.8 Å².